The summed E-state index contributed by atoms with van der Waals surface area (Å²) >= 11 is 6.66. The molecule has 0 saturated heterocycles. The van der Waals surface area contributed by atoms with E-state index in [2.05, 4.69) is 47.7 Å². The van der Waals surface area contributed by atoms with Crippen LogP contribution in [0.25, 0.3) is 0 Å². The van der Waals surface area contributed by atoms with Crippen molar-refractivity contribution in [1.82, 2.24) is 10.7 Å². The van der Waals surface area contributed by atoms with Gasteiger partial charge in [0.2, 0.25) is 0 Å². The van der Waals surface area contributed by atoms with Gasteiger partial charge in [0.25, 0.3) is 11.8 Å². The molecular weight excluding hydrogens is 554 g/mol. The summed E-state index contributed by atoms with van der Waals surface area (Å²) in [5.74, 6) is -1.11. The Kier molecular flexibility index (Phi) is 8.51. The van der Waals surface area contributed by atoms with E-state index in [1.807, 2.05) is 13.0 Å². The second kappa shape index (κ2) is 11.5. The number of amides is 2. The number of halogens is 2. The van der Waals surface area contributed by atoms with Crippen LogP contribution in [-0.2, 0) is 4.79 Å². The predicted molar refractivity (Wildman–Crippen MR) is 132 cm³/mol. The molecule has 0 fully saturated rings. The van der Waals surface area contributed by atoms with Gasteiger partial charge in [0.15, 0.2) is 0 Å². The number of nitrogens with zero attached hydrogens (tertiary/aromatic N) is 1. The summed E-state index contributed by atoms with van der Waals surface area (Å²) < 4.78 is 7.02. The molecular formula is C24H19Br2N3O4. The first-order valence-corrected chi connectivity index (χ1v) is 11.3. The predicted octanol–water partition coefficient (Wildman–Crippen LogP) is 4.62. The number of hydrogen-bond donors (Lipinski definition) is 2. The molecule has 3 aromatic rings. The third-order valence-electron chi connectivity index (χ3n) is 4.32. The molecule has 3 rings (SSSR count). The molecule has 0 saturated carbocycles. The molecule has 33 heavy (non-hydrogen) atoms. The van der Waals surface area contributed by atoms with Crippen molar-refractivity contribution in [3.63, 3.8) is 0 Å². The molecule has 0 aromatic heterocycles. The number of hydrogen-bond acceptors (Lipinski definition) is 5. The van der Waals surface area contributed by atoms with Crippen LogP contribution in [0.15, 0.2) is 80.8 Å². The SMILES string of the molecule is Cc1cccc(C(=O)Oc2ccc(Br)cc2C=NNC(=O)CNC(=O)c2cccc(Br)c2)c1. The summed E-state index contributed by atoms with van der Waals surface area (Å²) in [5, 5.41) is 6.43. The van der Waals surface area contributed by atoms with Crippen LogP contribution in [0, 0.1) is 6.92 Å². The molecule has 2 N–H and O–H groups in total. The van der Waals surface area contributed by atoms with Crippen molar-refractivity contribution in [2.75, 3.05) is 6.54 Å². The van der Waals surface area contributed by atoms with Crippen molar-refractivity contribution in [3.05, 3.63) is 97.9 Å². The molecule has 0 aliphatic heterocycles. The van der Waals surface area contributed by atoms with Gasteiger partial charge in [-0.05, 0) is 55.5 Å². The zero-order valence-electron chi connectivity index (χ0n) is 17.5. The first kappa shape index (κ1) is 24.3. The van der Waals surface area contributed by atoms with E-state index in [4.69, 9.17) is 4.74 Å². The van der Waals surface area contributed by atoms with Crippen LogP contribution in [0.2, 0.25) is 0 Å². The van der Waals surface area contributed by atoms with Crippen LogP contribution in [-0.4, -0.2) is 30.5 Å². The van der Waals surface area contributed by atoms with Gasteiger partial charge in [-0.15, -0.1) is 0 Å². The lowest BCUT2D eigenvalue weighted by Gasteiger charge is -2.08. The minimum atomic E-state index is -0.511. The van der Waals surface area contributed by atoms with E-state index in [0.717, 1.165) is 14.5 Å². The van der Waals surface area contributed by atoms with Crippen LogP contribution in [0.1, 0.15) is 31.8 Å². The van der Waals surface area contributed by atoms with E-state index in [9.17, 15) is 14.4 Å². The minimum absolute atomic E-state index is 0.254. The third kappa shape index (κ3) is 7.37. The summed E-state index contributed by atoms with van der Waals surface area (Å²) in [7, 11) is 0. The highest BCUT2D eigenvalue weighted by Crippen LogP contribution is 2.23. The van der Waals surface area contributed by atoms with Gasteiger partial charge in [-0.1, -0.05) is 55.6 Å². The van der Waals surface area contributed by atoms with Gasteiger partial charge < -0.3 is 10.1 Å². The standard InChI is InChI=1S/C24H19Br2N3O4/c1-15-4-2-6-17(10-15)24(32)33-21-9-8-20(26)12-18(21)13-28-29-22(30)14-27-23(31)16-5-3-7-19(25)11-16/h2-13H,14H2,1H3,(H,27,31)(H,29,30). The van der Waals surface area contributed by atoms with Crippen LogP contribution >= 0.6 is 31.9 Å². The van der Waals surface area contributed by atoms with Crippen molar-refractivity contribution in [1.29, 1.82) is 0 Å². The van der Waals surface area contributed by atoms with Gasteiger partial charge in [-0.25, -0.2) is 10.2 Å². The molecule has 0 aliphatic rings. The Labute approximate surface area is 207 Å². The molecule has 9 heteroatoms. The molecule has 2 amide bonds. The highest BCUT2D eigenvalue weighted by Gasteiger charge is 2.12. The molecule has 7 nitrogen and oxygen atoms in total. The van der Waals surface area contributed by atoms with Crippen LogP contribution in [0.3, 0.4) is 0 Å². The van der Waals surface area contributed by atoms with Gasteiger partial charge in [0, 0.05) is 20.1 Å². The first-order valence-electron chi connectivity index (χ1n) is 9.76. The number of aryl methyl sites for hydroxylation is 1. The van der Waals surface area contributed by atoms with Crippen molar-refractivity contribution < 1.29 is 19.1 Å². The molecule has 0 aliphatic carbocycles. The summed E-state index contributed by atoms with van der Waals surface area (Å²) in [6.45, 7) is 1.63. The number of benzene rings is 3. The van der Waals surface area contributed by atoms with Crippen molar-refractivity contribution in [3.8, 4) is 5.75 Å². The van der Waals surface area contributed by atoms with E-state index in [1.165, 1.54) is 6.21 Å². The summed E-state index contributed by atoms with van der Waals surface area (Å²) in [4.78, 5) is 36.6. The fourth-order valence-corrected chi connectivity index (χ4v) is 3.53. The van der Waals surface area contributed by atoms with Crippen LogP contribution < -0.4 is 15.5 Å². The Morgan fingerprint density at radius 2 is 1.67 bits per heavy atom. The maximum Gasteiger partial charge on any atom is 0.343 e. The zero-order chi connectivity index (χ0) is 23.8. The number of ether oxygens (including phenoxy) is 1. The molecule has 0 spiro atoms. The molecule has 168 valence electrons. The van der Waals surface area contributed by atoms with Crippen molar-refractivity contribution in [2.45, 2.75) is 6.92 Å². The van der Waals surface area contributed by atoms with E-state index >= 15 is 0 Å². The number of rotatable bonds is 7. The molecule has 0 atom stereocenters. The summed E-state index contributed by atoms with van der Waals surface area (Å²) in [6, 6.07) is 18.9. The lowest BCUT2D eigenvalue weighted by atomic mass is 10.1. The van der Waals surface area contributed by atoms with E-state index in [1.54, 1.807) is 60.7 Å². The Morgan fingerprint density at radius 3 is 2.42 bits per heavy atom. The fourth-order valence-electron chi connectivity index (χ4n) is 2.75. The van der Waals surface area contributed by atoms with Gasteiger partial charge in [0.1, 0.15) is 5.75 Å². The molecule has 3 aromatic carbocycles. The Bertz CT molecular complexity index is 1230. The third-order valence-corrected chi connectivity index (χ3v) is 5.30. The first-order chi connectivity index (χ1) is 15.8. The largest absolute Gasteiger partial charge is 0.422 e. The number of carbonyl (C=O) groups is 3. The highest BCUT2D eigenvalue weighted by atomic mass is 79.9. The Balaban J connectivity index is 1.60. The minimum Gasteiger partial charge on any atom is -0.422 e. The van der Waals surface area contributed by atoms with Gasteiger partial charge in [0.05, 0.1) is 18.3 Å². The van der Waals surface area contributed by atoms with Crippen LogP contribution in [0.4, 0.5) is 0 Å². The van der Waals surface area contributed by atoms with Crippen LogP contribution in [0.5, 0.6) is 5.75 Å². The quantitative estimate of drug-likeness (QED) is 0.187. The maximum absolute atomic E-state index is 12.5. The Hall–Kier alpha value is -3.30. The highest BCUT2D eigenvalue weighted by molar-refractivity contribution is 9.10. The monoisotopic (exact) mass is 571 g/mol. The lowest BCUT2D eigenvalue weighted by Crippen LogP contribution is -2.34. The zero-order valence-corrected chi connectivity index (χ0v) is 20.6. The van der Waals surface area contributed by atoms with Gasteiger partial charge in [-0.2, -0.15) is 5.10 Å². The van der Waals surface area contributed by atoms with E-state index < -0.39 is 11.9 Å². The van der Waals surface area contributed by atoms with Gasteiger partial charge in [-0.3, -0.25) is 9.59 Å². The smallest absolute Gasteiger partial charge is 0.343 e. The molecule has 0 unspecified atom stereocenters. The number of carbonyl (C=O) groups excluding carboxylic acids is 3. The summed E-state index contributed by atoms with van der Waals surface area (Å²) in [6.07, 6.45) is 1.36. The average molecular weight is 573 g/mol. The van der Waals surface area contributed by atoms with Gasteiger partial charge >= 0.3 is 5.97 Å². The number of esters is 1. The average Bonchev–Trinajstić information content (AvgIpc) is 2.79. The fraction of sp³-hybridized carbons (Fsp3) is 0.0833. The lowest BCUT2D eigenvalue weighted by molar-refractivity contribution is -0.120. The second-order valence-corrected chi connectivity index (χ2v) is 8.76. The number of nitrogens with one attached hydrogen (secondary N) is 2. The summed E-state index contributed by atoms with van der Waals surface area (Å²) in [5.41, 5.74) is 4.61. The molecule has 0 radical (unpaired) electrons. The maximum atomic E-state index is 12.5. The molecule has 0 bridgehead atoms. The molecule has 0 heterocycles. The topological polar surface area (TPSA) is 96.9 Å². The van der Waals surface area contributed by atoms with Crippen molar-refractivity contribution in [2.24, 2.45) is 5.10 Å². The van der Waals surface area contributed by atoms with Crippen molar-refractivity contribution >= 4 is 55.9 Å². The number of hydrazone groups is 1. The van der Waals surface area contributed by atoms with E-state index in [-0.39, 0.29) is 18.2 Å². The Morgan fingerprint density at radius 1 is 0.939 bits per heavy atom. The normalized spacial score (nSPS) is 10.6. The second-order valence-electron chi connectivity index (χ2n) is 6.93. The van der Waals surface area contributed by atoms with E-state index in [0.29, 0.717) is 16.7 Å².